The molecule has 3 aromatic rings. The van der Waals surface area contributed by atoms with Gasteiger partial charge in [0.15, 0.2) is 5.16 Å². The topological polar surface area (TPSA) is 59.8 Å². The fourth-order valence-corrected chi connectivity index (χ4v) is 4.29. The Balaban J connectivity index is 1.54. The van der Waals surface area contributed by atoms with Gasteiger partial charge in [0.1, 0.15) is 6.33 Å². The molecule has 0 spiro atoms. The first kappa shape index (κ1) is 19.6. The van der Waals surface area contributed by atoms with Crippen molar-refractivity contribution in [2.45, 2.75) is 38.0 Å². The maximum absolute atomic E-state index is 12.5. The Labute approximate surface area is 168 Å². The van der Waals surface area contributed by atoms with Crippen LogP contribution >= 0.6 is 23.1 Å². The zero-order valence-corrected chi connectivity index (χ0v) is 17.2. The maximum atomic E-state index is 12.5. The molecule has 1 unspecified atom stereocenters. The van der Waals surface area contributed by atoms with Gasteiger partial charge in [-0.1, -0.05) is 62.0 Å². The SMILES string of the molecule is CC(C)C(NC(=O)CSc1nncn1CCc1cccs1)c1ccccc1. The van der Waals surface area contributed by atoms with Gasteiger partial charge in [0.2, 0.25) is 5.91 Å². The summed E-state index contributed by atoms with van der Waals surface area (Å²) in [5, 5.41) is 14.2. The molecule has 27 heavy (non-hydrogen) atoms. The van der Waals surface area contributed by atoms with E-state index in [1.54, 1.807) is 17.7 Å². The van der Waals surface area contributed by atoms with E-state index in [0.29, 0.717) is 11.7 Å². The third kappa shape index (κ3) is 5.68. The summed E-state index contributed by atoms with van der Waals surface area (Å²) in [5.41, 5.74) is 1.13. The van der Waals surface area contributed by atoms with Gasteiger partial charge in [0.05, 0.1) is 11.8 Å². The molecule has 1 N–H and O–H groups in total. The van der Waals surface area contributed by atoms with Crippen LogP contribution < -0.4 is 5.32 Å². The van der Waals surface area contributed by atoms with E-state index in [0.717, 1.165) is 23.7 Å². The Morgan fingerprint density at radius 3 is 2.74 bits per heavy atom. The lowest BCUT2D eigenvalue weighted by Gasteiger charge is -2.22. The fourth-order valence-electron chi connectivity index (χ4n) is 2.84. The zero-order valence-electron chi connectivity index (χ0n) is 15.5. The number of thiophene rings is 1. The highest BCUT2D eigenvalue weighted by Gasteiger charge is 2.18. The van der Waals surface area contributed by atoms with Gasteiger partial charge in [0.25, 0.3) is 0 Å². The molecule has 3 rings (SSSR count). The van der Waals surface area contributed by atoms with Gasteiger partial charge in [-0.05, 0) is 29.3 Å². The minimum atomic E-state index is 0.00959. The van der Waals surface area contributed by atoms with E-state index in [9.17, 15) is 4.79 Å². The molecule has 0 bridgehead atoms. The molecule has 0 radical (unpaired) electrons. The van der Waals surface area contributed by atoms with E-state index in [2.05, 4.69) is 59.0 Å². The summed E-state index contributed by atoms with van der Waals surface area (Å²) in [6, 6.07) is 14.3. The molecule has 2 aromatic heterocycles. The first-order valence-corrected chi connectivity index (χ1v) is 10.9. The summed E-state index contributed by atoms with van der Waals surface area (Å²) in [7, 11) is 0. The van der Waals surface area contributed by atoms with Crippen LogP contribution in [0.3, 0.4) is 0 Å². The minimum Gasteiger partial charge on any atom is -0.348 e. The Kier molecular flexibility index (Phi) is 7.06. The van der Waals surface area contributed by atoms with Gasteiger partial charge in [0, 0.05) is 11.4 Å². The number of hydrogen-bond donors (Lipinski definition) is 1. The summed E-state index contributed by atoms with van der Waals surface area (Å²) in [6.45, 7) is 5.05. The molecule has 0 saturated carbocycles. The maximum Gasteiger partial charge on any atom is 0.230 e. The van der Waals surface area contributed by atoms with Crippen molar-refractivity contribution in [3.05, 3.63) is 64.6 Å². The van der Waals surface area contributed by atoms with E-state index in [-0.39, 0.29) is 11.9 Å². The average Bonchev–Trinajstić information content (AvgIpc) is 3.34. The highest BCUT2D eigenvalue weighted by atomic mass is 32.2. The number of amides is 1. The first-order chi connectivity index (χ1) is 13.1. The van der Waals surface area contributed by atoms with Crippen molar-refractivity contribution in [3.8, 4) is 0 Å². The monoisotopic (exact) mass is 400 g/mol. The largest absolute Gasteiger partial charge is 0.348 e. The van der Waals surface area contributed by atoms with Gasteiger partial charge >= 0.3 is 0 Å². The van der Waals surface area contributed by atoms with Crippen molar-refractivity contribution in [3.63, 3.8) is 0 Å². The number of thioether (sulfide) groups is 1. The Morgan fingerprint density at radius 1 is 1.22 bits per heavy atom. The van der Waals surface area contributed by atoms with Gasteiger partial charge in [-0.25, -0.2) is 0 Å². The van der Waals surface area contributed by atoms with E-state index < -0.39 is 0 Å². The molecule has 0 fully saturated rings. The van der Waals surface area contributed by atoms with Crippen LogP contribution in [0.2, 0.25) is 0 Å². The molecular weight excluding hydrogens is 376 g/mol. The van der Waals surface area contributed by atoms with Crippen molar-refractivity contribution >= 4 is 29.0 Å². The van der Waals surface area contributed by atoms with Crippen LogP contribution in [-0.2, 0) is 17.8 Å². The number of carbonyl (C=O) groups is 1. The molecule has 1 amide bonds. The molecule has 0 aliphatic rings. The van der Waals surface area contributed by atoms with Gasteiger partial charge < -0.3 is 9.88 Å². The number of nitrogens with one attached hydrogen (secondary N) is 1. The van der Waals surface area contributed by atoms with E-state index in [1.165, 1.54) is 16.6 Å². The van der Waals surface area contributed by atoms with Crippen molar-refractivity contribution in [1.29, 1.82) is 0 Å². The average molecular weight is 401 g/mol. The summed E-state index contributed by atoms with van der Waals surface area (Å²) in [6.07, 6.45) is 2.67. The van der Waals surface area contributed by atoms with Gasteiger partial charge in [-0.15, -0.1) is 21.5 Å². The van der Waals surface area contributed by atoms with Crippen LogP contribution in [0.4, 0.5) is 0 Å². The minimum absolute atomic E-state index is 0.00959. The second kappa shape index (κ2) is 9.71. The van der Waals surface area contributed by atoms with Crippen molar-refractivity contribution in [2.75, 3.05) is 5.75 Å². The van der Waals surface area contributed by atoms with Crippen molar-refractivity contribution < 1.29 is 4.79 Å². The number of rotatable bonds is 9. The predicted octanol–water partition coefficient (Wildman–Crippen LogP) is 4.19. The summed E-state index contributed by atoms with van der Waals surface area (Å²) >= 11 is 3.18. The quantitative estimate of drug-likeness (QED) is 0.547. The molecule has 2 heterocycles. The molecule has 142 valence electrons. The van der Waals surface area contributed by atoms with Crippen LogP contribution in [0.15, 0.2) is 59.3 Å². The lowest BCUT2D eigenvalue weighted by atomic mass is 9.96. The third-order valence-corrected chi connectivity index (χ3v) is 6.15. The van der Waals surface area contributed by atoms with Gasteiger partial charge in [-0.3, -0.25) is 4.79 Å². The van der Waals surface area contributed by atoms with Crippen LogP contribution in [0.5, 0.6) is 0 Å². The number of benzene rings is 1. The molecule has 0 saturated heterocycles. The number of aromatic nitrogens is 3. The van der Waals surface area contributed by atoms with Crippen LogP contribution in [0.1, 0.15) is 30.3 Å². The molecule has 0 aliphatic heterocycles. The molecule has 7 heteroatoms. The molecule has 5 nitrogen and oxygen atoms in total. The molecule has 1 aromatic carbocycles. The van der Waals surface area contributed by atoms with Crippen molar-refractivity contribution in [2.24, 2.45) is 5.92 Å². The standard InChI is InChI=1S/C20H24N4OS2/c1-15(2)19(16-7-4-3-5-8-16)22-18(25)13-27-20-23-21-14-24(20)11-10-17-9-6-12-26-17/h3-9,12,14-15,19H,10-11,13H2,1-2H3,(H,22,25). The smallest absolute Gasteiger partial charge is 0.230 e. The lowest BCUT2D eigenvalue weighted by molar-refractivity contribution is -0.119. The summed E-state index contributed by atoms with van der Waals surface area (Å²) in [5.74, 6) is 0.652. The first-order valence-electron chi connectivity index (χ1n) is 9.01. The summed E-state index contributed by atoms with van der Waals surface area (Å²) < 4.78 is 2.01. The fraction of sp³-hybridized carbons (Fsp3) is 0.350. The predicted molar refractivity (Wildman–Crippen MR) is 111 cm³/mol. The Bertz CT molecular complexity index is 831. The second-order valence-electron chi connectivity index (χ2n) is 6.62. The lowest BCUT2D eigenvalue weighted by Crippen LogP contribution is -2.33. The van der Waals surface area contributed by atoms with Crippen molar-refractivity contribution in [1.82, 2.24) is 20.1 Å². The van der Waals surface area contributed by atoms with E-state index >= 15 is 0 Å². The summed E-state index contributed by atoms with van der Waals surface area (Å²) in [4.78, 5) is 13.8. The second-order valence-corrected chi connectivity index (χ2v) is 8.60. The van der Waals surface area contributed by atoms with E-state index in [4.69, 9.17) is 0 Å². The number of hydrogen-bond acceptors (Lipinski definition) is 5. The highest BCUT2D eigenvalue weighted by Crippen LogP contribution is 2.22. The van der Waals surface area contributed by atoms with Crippen LogP contribution in [0.25, 0.3) is 0 Å². The number of aryl methyl sites for hydroxylation is 2. The number of nitrogens with zero attached hydrogens (tertiary/aromatic N) is 3. The highest BCUT2D eigenvalue weighted by molar-refractivity contribution is 7.99. The third-order valence-electron chi connectivity index (χ3n) is 4.23. The van der Waals surface area contributed by atoms with Crippen LogP contribution in [0, 0.1) is 5.92 Å². The van der Waals surface area contributed by atoms with E-state index in [1.807, 2.05) is 22.8 Å². The molecule has 1 atom stereocenters. The Hall–Kier alpha value is -2.12. The number of carbonyl (C=O) groups excluding carboxylic acids is 1. The molecular formula is C20H24N4OS2. The molecule has 0 aliphatic carbocycles. The van der Waals surface area contributed by atoms with Crippen LogP contribution in [-0.4, -0.2) is 26.4 Å². The normalized spacial score (nSPS) is 12.3. The van der Waals surface area contributed by atoms with Gasteiger partial charge in [-0.2, -0.15) is 0 Å². The Morgan fingerprint density at radius 2 is 2.04 bits per heavy atom. The zero-order chi connectivity index (χ0) is 19.1.